The normalized spacial score (nSPS) is 11.6. The maximum absolute atomic E-state index is 11.5. The third kappa shape index (κ3) is 4.56. The van der Waals surface area contributed by atoms with Gasteiger partial charge in [-0.3, -0.25) is 0 Å². The van der Waals surface area contributed by atoms with Gasteiger partial charge in [0, 0.05) is 26.1 Å². The van der Waals surface area contributed by atoms with Crippen LogP contribution in [0.2, 0.25) is 0 Å². The van der Waals surface area contributed by atoms with Crippen molar-refractivity contribution in [3.63, 3.8) is 0 Å². The van der Waals surface area contributed by atoms with Crippen LogP contribution < -0.4 is 4.72 Å². The first-order chi connectivity index (χ1) is 6.58. The Labute approximate surface area is 85.9 Å². The Balaban J connectivity index is 4.27. The largest absolute Gasteiger partial charge is 0.279 e. The number of hydrogen-bond acceptors (Lipinski definition) is 3. The second-order valence-electron chi connectivity index (χ2n) is 2.80. The molecule has 0 saturated heterocycles. The highest BCUT2D eigenvalue weighted by molar-refractivity contribution is 7.87. The minimum Gasteiger partial charge on any atom is -0.202 e. The van der Waals surface area contributed by atoms with Crippen molar-refractivity contribution in [1.82, 2.24) is 9.03 Å². The zero-order valence-corrected chi connectivity index (χ0v) is 9.47. The van der Waals surface area contributed by atoms with Crippen molar-refractivity contribution in [3.05, 3.63) is 0 Å². The minimum absolute atomic E-state index is 0.223. The fourth-order valence-corrected chi connectivity index (χ4v) is 2.26. The van der Waals surface area contributed by atoms with Gasteiger partial charge in [0.05, 0.1) is 6.07 Å². The summed E-state index contributed by atoms with van der Waals surface area (Å²) in [6.45, 7) is 4.73. The molecule has 0 fully saturated rings. The summed E-state index contributed by atoms with van der Waals surface area (Å²) in [7, 11) is -3.37. The van der Waals surface area contributed by atoms with Crippen LogP contribution in [0.4, 0.5) is 0 Å². The number of rotatable bonds is 7. The van der Waals surface area contributed by atoms with Crippen LogP contribution in [0.1, 0.15) is 26.7 Å². The van der Waals surface area contributed by atoms with Gasteiger partial charge in [-0.1, -0.05) is 13.8 Å². The fraction of sp³-hybridized carbons (Fsp3) is 0.875. The highest BCUT2D eigenvalue weighted by atomic mass is 32.2. The van der Waals surface area contributed by atoms with Crippen LogP contribution in [-0.4, -0.2) is 32.4 Å². The summed E-state index contributed by atoms with van der Waals surface area (Å²) in [4.78, 5) is 0. The highest BCUT2D eigenvalue weighted by Crippen LogP contribution is 1.98. The first kappa shape index (κ1) is 13.4. The molecule has 0 aromatic heterocycles. The molecule has 1 N–H and O–H groups in total. The van der Waals surface area contributed by atoms with Crippen LogP contribution >= 0.6 is 0 Å². The van der Waals surface area contributed by atoms with E-state index in [1.165, 1.54) is 4.31 Å². The van der Waals surface area contributed by atoms with E-state index in [1.54, 1.807) is 6.92 Å². The fourth-order valence-electron chi connectivity index (χ4n) is 0.945. The van der Waals surface area contributed by atoms with Gasteiger partial charge in [-0.05, 0) is 6.42 Å². The summed E-state index contributed by atoms with van der Waals surface area (Å²) in [5.74, 6) is 0. The molecule has 0 aliphatic carbocycles. The lowest BCUT2D eigenvalue weighted by Crippen LogP contribution is -2.41. The topological polar surface area (TPSA) is 73.2 Å². The molecule has 0 bridgehead atoms. The molecule has 0 aliphatic heterocycles. The average Bonchev–Trinajstić information content (AvgIpc) is 2.16. The average molecular weight is 219 g/mol. The molecule has 82 valence electrons. The molecule has 0 atom stereocenters. The Morgan fingerprint density at radius 3 is 2.50 bits per heavy atom. The van der Waals surface area contributed by atoms with Crippen molar-refractivity contribution in [2.24, 2.45) is 0 Å². The smallest absolute Gasteiger partial charge is 0.202 e. The zero-order chi connectivity index (χ0) is 11.0. The van der Waals surface area contributed by atoms with Gasteiger partial charge in [-0.15, -0.1) is 0 Å². The van der Waals surface area contributed by atoms with Gasteiger partial charge in [0.25, 0.3) is 10.2 Å². The summed E-state index contributed by atoms with van der Waals surface area (Å²) < 4.78 is 26.8. The summed E-state index contributed by atoms with van der Waals surface area (Å²) in [6, 6.07) is 1.93. The molecule has 6 heteroatoms. The van der Waals surface area contributed by atoms with E-state index in [-0.39, 0.29) is 13.0 Å². The summed E-state index contributed by atoms with van der Waals surface area (Å²) in [5.41, 5.74) is 0. The van der Waals surface area contributed by atoms with Gasteiger partial charge >= 0.3 is 0 Å². The van der Waals surface area contributed by atoms with Crippen molar-refractivity contribution in [1.29, 1.82) is 5.26 Å². The molecule has 14 heavy (non-hydrogen) atoms. The minimum atomic E-state index is -3.37. The second kappa shape index (κ2) is 6.76. The molecule has 0 spiro atoms. The number of nitrogens with one attached hydrogen (secondary N) is 1. The van der Waals surface area contributed by atoms with E-state index < -0.39 is 10.2 Å². The third-order valence-electron chi connectivity index (χ3n) is 1.70. The molecule has 0 rings (SSSR count). The predicted octanol–water partition coefficient (Wildman–Crippen LogP) is 0.466. The van der Waals surface area contributed by atoms with Gasteiger partial charge in [-0.2, -0.15) is 18.0 Å². The first-order valence-electron chi connectivity index (χ1n) is 4.70. The van der Waals surface area contributed by atoms with Crippen molar-refractivity contribution < 1.29 is 8.42 Å². The van der Waals surface area contributed by atoms with Crippen LogP contribution in [0.3, 0.4) is 0 Å². The van der Waals surface area contributed by atoms with Gasteiger partial charge in [0.1, 0.15) is 0 Å². The molecule has 0 aromatic rings. The summed E-state index contributed by atoms with van der Waals surface area (Å²) in [6.07, 6.45) is 0.982. The van der Waals surface area contributed by atoms with Gasteiger partial charge in [0.2, 0.25) is 0 Å². The van der Waals surface area contributed by atoms with Gasteiger partial charge in [-0.25, -0.2) is 4.72 Å². The monoisotopic (exact) mass is 219 g/mol. The Morgan fingerprint density at radius 1 is 1.43 bits per heavy atom. The third-order valence-corrected chi connectivity index (χ3v) is 3.39. The van der Waals surface area contributed by atoms with E-state index in [2.05, 4.69) is 4.72 Å². The predicted molar refractivity (Wildman–Crippen MR) is 54.7 cm³/mol. The van der Waals surface area contributed by atoms with Crippen LogP contribution in [0.25, 0.3) is 0 Å². The first-order valence-corrected chi connectivity index (χ1v) is 6.14. The number of nitrogens with zero attached hydrogens (tertiary/aromatic N) is 2. The Bertz CT molecular complexity index is 281. The molecule has 5 nitrogen and oxygen atoms in total. The Kier molecular flexibility index (Phi) is 6.45. The van der Waals surface area contributed by atoms with Crippen molar-refractivity contribution >= 4 is 10.2 Å². The van der Waals surface area contributed by atoms with E-state index >= 15 is 0 Å². The van der Waals surface area contributed by atoms with Gasteiger partial charge in [0.15, 0.2) is 0 Å². The summed E-state index contributed by atoms with van der Waals surface area (Å²) >= 11 is 0. The highest BCUT2D eigenvalue weighted by Gasteiger charge is 2.18. The molecule has 0 aromatic carbocycles. The second-order valence-corrected chi connectivity index (χ2v) is 4.55. The number of hydrogen-bond donors (Lipinski definition) is 1. The number of nitriles is 1. The van der Waals surface area contributed by atoms with Crippen molar-refractivity contribution in [2.45, 2.75) is 26.7 Å². The van der Waals surface area contributed by atoms with E-state index in [4.69, 9.17) is 5.26 Å². The van der Waals surface area contributed by atoms with Crippen LogP contribution in [0.5, 0.6) is 0 Å². The molecule has 0 aliphatic rings. The SMILES string of the molecule is CCCNS(=O)(=O)N(CC)CCC#N. The Morgan fingerprint density at radius 2 is 2.07 bits per heavy atom. The maximum Gasteiger partial charge on any atom is 0.279 e. The molecule has 0 radical (unpaired) electrons. The van der Waals surface area contributed by atoms with Crippen LogP contribution in [-0.2, 0) is 10.2 Å². The Hall–Kier alpha value is -0.640. The summed E-state index contributed by atoms with van der Waals surface area (Å²) in [5, 5.41) is 8.36. The lowest BCUT2D eigenvalue weighted by molar-refractivity contribution is 0.425. The van der Waals surface area contributed by atoms with Crippen LogP contribution in [0.15, 0.2) is 0 Å². The molecule has 0 saturated carbocycles. The van der Waals surface area contributed by atoms with E-state index in [0.717, 1.165) is 6.42 Å². The van der Waals surface area contributed by atoms with Gasteiger partial charge < -0.3 is 0 Å². The molecule has 0 heterocycles. The van der Waals surface area contributed by atoms with E-state index in [1.807, 2.05) is 13.0 Å². The molecular formula is C8H17N3O2S. The standard InChI is InChI=1S/C8H17N3O2S/c1-3-7-10-14(12,13)11(4-2)8-5-6-9/h10H,3-5,7-8H2,1-2H3. The van der Waals surface area contributed by atoms with Crippen molar-refractivity contribution in [3.8, 4) is 6.07 Å². The van der Waals surface area contributed by atoms with E-state index in [0.29, 0.717) is 13.1 Å². The lowest BCUT2D eigenvalue weighted by atomic mass is 10.5. The van der Waals surface area contributed by atoms with Crippen molar-refractivity contribution in [2.75, 3.05) is 19.6 Å². The molecular weight excluding hydrogens is 202 g/mol. The van der Waals surface area contributed by atoms with E-state index in [9.17, 15) is 8.42 Å². The molecule has 0 amide bonds. The molecule has 0 unspecified atom stereocenters. The zero-order valence-electron chi connectivity index (χ0n) is 8.65. The lowest BCUT2D eigenvalue weighted by Gasteiger charge is -2.19. The maximum atomic E-state index is 11.5. The quantitative estimate of drug-likeness (QED) is 0.676. The van der Waals surface area contributed by atoms with Crippen LogP contribution in [0, 0.1) is 11.3 Å².